The zero-order valence-corrected chi connectivity index (χ0v) is 21.4. The summed E-state index contributed by atoms with van der Waals surface area (Å²) >= 11 is 0. The van der Waals surface area contributed by atoms with E-state index in [0.29, 0.717) is 24.2 Å². The van der Waals surface area contributed by atoms with E-state index in [1.807, 2.05) is 63.1 Å². The number of anilines is 1. The molecular formula is C27H38N4O3. The van der Waals surface area contributed by atoms with Crippen LogP contribution in [0.5, 0.6) is 0 Å². The number of hydrogen-bond donors (Lipinski definition) is 2. The van der Waals surface area contributed by atoms with Crippen LogP contribution in [0.2, 0.25) is 0 Å². The number of β-amino-alcohol motifs (C(OH)–C–C–N with tert-alkyl or cyclic N) is 1. The molecule has 1 aromatic carbocycles. The van der Waals surface area contributed by atoms with Crippen LogP contribution in [0.3, 0.4) is 0 Å². The summed E-state index contributed by atoms with van der Waals surface area (Å²) in [6.07, 6.45) is 3.02. The molecule has 0 bridgehead atoms. The highest BCUT2D eigenvalue weighted by Gasteiger charge is 2.42. The van der Waals surface area contributed by atoms with Gasteiger partial charge in [0.2, 0.25) is 11.8 Å². The van der Waals surface area contributed by atoms with Gasteiger partial charge in [-0.3, -0.25) is 24.4 Å². The maximum absolute atomic E-state index is 14.0. The first-order chi connectivity index (χ1) is 15.8. The molecule has 7 nitrogen and oxygen atoms in total. The lowest BCUT2D eigenvalue weighted by atomic mass is 9.87. The van der Waals surface area contributed by atoms with Crippen LogP contribution in [0.25, 0.3) is 0 Å². The first-order valence-corrected chi connectivity index (χ1v) is 11.8. The Balaban J connectivity index is 2.14. The number of rotatable bonds is 5. The van der Waals surface area contributed by atoms with E-state index in [-0.39, 0.29) is 17.2 Å². The van der Waals surface area contributed by atoms with E-state index < -0.39 is 23.7 Å². The lowest BCUT2D eigenvalue weighted by Gasteiger charge is -2.36. The molecule has 2 amide bonds. The number of amides is 2. The Kier molecular flexibility index (Phi) is 7.48. The molecule has 3 atom stereocenters. The molecule has 1 aliphatic rings. The molecular weight excluding hydrogens is 428 g/mol. The van der Waals surface area contributed by atoms with Gasteiger partial charge in [0.25, 0.3) is 0 Å². The monoisotopic (exact) mass is 466 g/mol. The summed E-state index contributed by atoms with van der Waals surface area (Å²) < 4.78 is 0. The van der Waals surface area contributed by atoms with Crippen molar-refractivity contribution >= 4 is 17.5 Å². The fraction of sp³-hybridized carbons (Fsp3) is 0.519. The fourth-order valence-corrected chi connectivity index (χ4v) is 4.34. The van der Waals surface area contributed by atoms with Gasteiger partial charge in [-0.25, -0.2) is 0 Å². The van der Waals surface area contributed by atoms with Gasteiger partial charge in [-0.15, -0.1) is 0 Å². The van der Waals surface area contributed by atoms with Gasteiger partial charge in [0.05, 0.1) is 12.1 Å². The maximum Gasteiger partial charge on any atom is 0.248 e. The number of nitrogens with one attached hydrogen (secondary N) is 1. The number of likely N-dealkylation sites (tertiary alicyclic amines) is 1. The number of nitrogens with zero attached hydrogens (tertiary/aromatic N) is 3. The minimum Gasteiger partial charge on any atom is -0.392 e. The number of likely N-dealkylation sites (N-methyl/N-ethyl adjacent to an activating group) is 1. The van der Waals surface area contributed by atoms with E-state index in [0.717, 1.165) is 5.56 Å². The van der Waals surface area contributed by atoms with Crippen LogP contribution in [0.1, 0.15) is 65.1 Å². The molecule has 0 radical (unpaired) electrons. The second kappa shape index (κ2) is 9.84. The van der Waals surface area contributed by atoms with Crippen molar-refractivity contribution in [3.05, 3.63) is 59.9 Å². The summed E-state index contributed by atoms with van der Waals surface area (Å²) in [6, 6.07) is 9.96. The molecule has 3 rings (SSSR count). The van der Waals surface area contributed by atoms with E-state index in [2.05, 4.69) is 31.1 Å². The molecule has 7 heteroatoms. The standard InChI is InChI=1S/C27H38N4O3/c1-26(2,3)19-10-12-20(13-11-19)31(25(34)22-15-21(32)17-30(22)7)23(18-9-8-14-28-16-18)24(33)29-27(4,5)6/h8-14,16,21-23,32H,15,17H2,1-7H3,(H,29,33)/t21-,22-,23?/m0/s1. The van der Waals surface area contributed by atoms with Gasteiger partial charge in [-0.1, -0.05) is 39.0 Å². The predicted molar refractivity (Wildman–Crippen MR) is 135 cm³/mol. The average molecular weight is 467 g/mol. The minimum absolute atomic E-state index is 0.0461. The number of carbonyl (C=O) groups excluding carboxylic acids is 2. The van der Waals surface area contributed by atoms with Crippen molar-refractivity contribution in [1.29, 1.82) is 0 Å². The summed E-state index contributed by atoms with van der Waals surface area (Å²) in [7, 11) is 1.83. The summed E-state index contributed by atoms with van der Waals surface area (Å²) in [5.74, 6) is -0.504. The molecule has 2 heterocycles. The predicted octanol–water partition coefficient (Wildman–Crippen LogP) is 3.43. The number of carbonyl (C=O) groups is 2. The number of hydrogen-bond acceptors (Lipinski definition) is 5. The summed E-state index contributed by atoms with van der Waals surface area (Å²) in [5.41, 5.74) is 1.86. The van der Waals surface area contributed by atoms with Gasteiger partial charge < -0.3 is 10.4 Å². The topological polar surface area (TPSA) is 85.8 Å². The van der Waals surface area contributed by atoms with Crippen LogP contribution in [-0.4, -0.2) is 58.1 Å². The normalized spacial score (nSPS) is 20.1. The molecule has 0 saturated carbocycles. The Morgan fingerprint density at radius 2 is 1.76 bits per heavy atom. The van der Waals surface area contributed by atoms with Crippen molar-refractivity contribution in [3.63, 3.8) is 0 Å². The number of aromatic nitrogens is 1. The Labute approximate surface area is 203 Å². The summed E-state index contributed by atoms with van der Waals surface area (Å²) in [5, 5.41) is 13.3. The third-order valence-electron chi connectivity index (χ3n) is 6.07. The number of pyridine rings is 1. The highest BCUT2D eigenvalue weighted by molar-refractivity contribution is 6.04. The lowest BCUT2D eigenvalue weighted by Crippen LogP contribution is -2.53. The van der Waals surface area contributed by atoms with Gasteiger partial charge in [0, 0.05) is 35.7 Å². The van der Waals surface area contributed by atoms with Crippen molar-refractivity contribution in [1.82, 2.24) is 15.2 Å². The molecule has 1 unspecified atom stereocenters. The first kappa shape index (κ1) is 25.8. The number of aliphatic hydroxyl groups excluding tert-OH is 1. The highest BCUT2D eigenvalue weighted by Crippen LogP contribution is 2.33. The largest absolute Gasteiger partial charge is 0.392 e. The zero-order chi connectivity index (χ0) is 25.3. The van der Waals surface area contributed by atoms with Crippen LogP contribution in [0.4, 0.5) is 5.69 Å². The van der Waals surface area contributed by atoms with Crippen molar-refractivity contribution in [3.8, 4) is 0 Å². The zero-order valence-electron chi connectivity index (χ0n) is 21.4. The van der Waals surface area contributed by atoms with Crippen LogP contribution in [0, 0.1) is 0 Å². The van der Waals surface area contributed by atoms with Gasteiger partial charge >= 0.3 is 0 Å². The lowest BCUT2D eigenvalue weighted by molar-refractivity contribution is -0.129. The van der Waals surface area contributed by atoms with Crippen molar-refractivity contribution in [2.45, 2.75) is 77.1 Å². The third-order valence-corrected chi connectivity index (χ3v) is 6.07. The first-order valence-electron chi connectivity index (χ1n) is 11.8. The molecule has 2 aromatic rings. The van der Waals surface area contributed by atoms with Crippen molar-refractivity contribution in [2.24, 2.45) is 0 Å². The summed E-state index contributed by atoms with van der Waals surface area (Å²) in [6.45, 7) is 12.6. The van der Waals surface area contributed by atoms with Crippen molar-refractivity contribution in [2.75, 3.05) is 18.5 Å². The van der Waals surface area contributed by atoms with E-state index in [9.17, 15) is 14.7 Å². The Morgan fingerprint density at radius 1 is 1.12 bits per heavy atom. The van der Waals surface area contributed by atoms with Crippen LogP contribution in [0.15, 0.2) is 48.8 Å². The van der Waals surface area contributed by atoms with Gasteiger partial charge in [0.1, 0.15) is 6.04 Å². The Bertz CT molecular complexity index is 993. The fourth-order valence-electron chi connectivity index (χ4n) is 4.34. The van der Waals surface area contributed by atoms with E-state index in [1.54, 1.807) is 23.4 Å². The molecule has 0 aliphatic carbocycles. The van der Waals surface area contributed by atoms with Crippen LogP contribution >= 0.6 is 0 Å². The smallest absolute Gasteiger partial charge is 0.248 e. The summed E-state index contributed by atoms with van der Waals surface area (Å²) in [4.78, 5) is 35.4. The highest BCUT2D eigenvalue weighted by atomic mass is 16.3. The second-order valence-electron chi connectivity index (χ2n) is 11.3. The number of benzene rings is 1. The minimum atomic E-state index is -0.910. The molecule has 0 spiro atoms. The molecule has 1 aromatic heterocycles. The SMILES string of the molecule is CN1C[C@@H](O)C[C@H]1C(=O)N(c1ccc(C(C)(C)C)cc1)C(C(=O)NC(C)(C)C)c1cccnc1. The average Bonchev–Trinajstić information content (AvgIpc) is 3.08. The molecule has 1 saturated heterocycles. The Morgan fingerprint density at radius 3 is 2.24 bits per heavy atom. The van der Waals surface area contributed by atoms with E-state index >= 15 is 0 Å². The third kappa shape index (κ3) is 6.02. The number of aliphatic hydroxyl groups is 1. The molecule has 34 heavy (non-hydrogen) atoms. The van der Waals surface area contributed by atoms with Crippen LogP contribution in [-0.2, 0) is 15.0 Å². The van der Waals surface area contributed by atoms with Gasteiger partial charge in [-0.2, -0.15) is 0 Å². The molecule has 1 aliphatic heterocycles. The van der Waals surface area contributed by atoms with Crippen molar-refractivity contribution < 1.29 is 14.7 Å². The molecule has 184 valence electrons. The quantitative estimate of drug-likeness (QED) is 0.705. The van der Waals surface area contributed by atoms with Gasteiger partial charge in [-0.05, 0) is 63.4 Å². The molecule has 2 N–H and O–H groups in total. The second-order valence-corrected chi connectivity index (χ2v) is 11.3. The maximum atomic E-state index is 14.0. The van der Waals surface area contributed by atoms with E-state index in [4.69, 9.17) is 0 Å². The van der Waals surface area contributed by atoms with Gasteiger partial charge in [0.15, 0.2) is 0 Å². The molecule has 1 fully saturated rings. The van der Waals surface area contributed by atoms with Crippen LogP contribution < -0.4 is 10.2 Å². The van der Waals surface area contributed by atoms with E-state index in [1.165, 1.54) is 0 Å². The Hall–Kier alpha value is -2.77.